The molecule has 0 atom stereocenters. The molecule has 0 unspecified atom stereocenters. The van der Waals surface area contributed by atoms with Gasteiger partial charge in [0.15, 0.2) is 11.6 Å². The van der Waals surface area contributed by atoms with Crippen molar-refractivity contribution in [1.82, 2.24) is 15.6 Å². The molecule has 0 saturated carbocycles. The molecule has 0 aromatic heterocycles. The van der Waals surface area contributed by atoms with Gasteiger partial charge in [-0.3, -0.25) is 20.4 Å². The molecule has 0 aliphatic rings. The van der Waals surface area contributed by atoms with Crippen LogP contribution >= 0.6 is 0 Å². The van der Waals surface area contributed by atoms with Crippen LogP contribution in [0.5, 0.6) is 5.75 Å². The Kier molecular flexibility index (Phi) is 6.26. The number of carbonyl (C=O) groups excluding carboxylic acids is 2. The van der Waals surface area contributed by atoms with Crippen molar-refractivity contribution in [3.63, 3.8) is 0 Å². The molecule has 3 N–H and O–H groups in total. The van der Waals surface area contributed by atoms with Gasteiger partial charge in [0.05, 0.1) is 18.6 Å². The number of ether oxygens (including phenoxy) is 1. The number of sulfonamides is 1. The summed E-state index contributed by atoms with van der Waals surface area (Å²) in [7, 11) is -2.56. The number of rotatable bonds is 6. The Bertz CT molecular complexity index is 903. The van der Waals surface area contributed by atoms with Crippen molar-refractivity contribution in [3.05, 3.63) is 59.9 Å². The lowest BCUT2D eigenvalue weighted by Crippen LogP contribution is -2.46. The van der Waals surface area contributed by atoms with E-state index in [1.165, 1.54) is 31.4 Å². The van der Waals surface area contributed by atoms with Gasteiger partial charge in [0.2, 0.25) is 10.0 Å². The Hall–Kier alpha value is -2.98. The SMILES string of the molecule is COc1ccc(C(=O)NNC(=O)CNS(=O)(=O)c2ccccc2)cc1F. The summed E-state index contributed by atoms with van der Waals surface area (Å²) < 4.78 is 44.3. The number of halogens is 1. The summed E-state index contributed by atoms with van der Waals surface area (Å²) >= 11 is 0. The second kappa shape index (κ2) is 8.41. The fourth-order valence-corrected chi connectivity index (χ4v) is 2.90. The number of benzene rings is 2. The molecule has 0 bridgehead atoms. The molecule has 10 heteroatoms. The predicted molar refractivity (Wildman–Crippen MR) is 90.2 cm³/mol. The number of carbonyl (C=O) groups is 2. The monoisotopic (exact) mass is 381 g/mol. The highest BCUT2D eigenvalue weighted by atomic mass is 32.2. The Balaban J connectivity index is 1.87. The molecular formula is C16H16FN3O5S. The van der Waals surface area contributed by atoms with Gasteiger partial charge in [0, 0.05) is 5.56 Å². The molecule has 0 aliphatic heterocycles. The van der Waals surface area contributed by atoms with E-state index < -0.39 is 34.2 Å². The molecule has 138 valence electrons. The first kappa shape index (κ1) is 19.3. The largest absolute Gasteiger partial charge is 0.494 e. The van der Waals surface area contributed by atoms with Crippen molar-refractivity contribution in [3.8, 4) is 5.75 Å². The summed E-state index contributed by atoms with van der Waals surface area (Å²) in [5.74, 6) is -2.33. The standard InChI is InChI=1S/C16H16FN3O5S/c1-25-14-8-7-11(9-13(14)17)16(22)20-19-15(21)10-18-26(23,24)12-5-3-2-4-6-12/h2-9,18H,10H2,1H3,(H,19,21)(H,20,22). The minimum atomic E-state index is -3.85. The third-order valence-corrected chi connectivity index (χ3v) is 4.62. The maximum atomic E-state index is 13.6. The van der Waals surface area contributed by atoms with Crippen LogP contribution < -0.4 is 20.3 Å². The van der Waals surface area contributed by atoms with Crippen LogP contribution in [-0.2, 0) is 14.8 Å². The minimum Gasteiger partial charge on any atom is -0.494 e. The van der Waals surface area contributed by atoms with Crippen LogP contribution in [0, 0.1) is 5.82 Å². The van der Waals surface area contributed by atoms with Gasteiger partial charge in [-0.1, -0.05) is 18.2 Å². The molecule has 26 heavy (non-hydrogen) atoms. The highest BCUT2D eigenvalue weighted by molar-refractivity contribution is 7.89. The van der Waals surface area contributed by atoms with E-state index in [0.717, 1.165) is 6.07 Å². The van der Waals surface area contributed by atoms with E-state index in [1.807, 2.05) is 5.43 Å². The Labute approximate surface area is 149 Å². The normalized spacial score (nSPS) is 10.8. The van der Waals surface area contributed by atoms with E-state index >= 15 is 0 Å². The fraction of sp³-hybridized carbons (Fsp3) is 0.125. The van der Waals surface area contributed by atoms with Crippen molar-refractivity contribution >= 4 is 21.8 Å². The van der Waals surface area contributed by atoms with Gasteiger partial charge >= 0.3 is 0 Å². The zero-order valence-electron chi connectivity index (χ0n) is 13.7. The quantitative estimate of drug-likeness (QED) is 0.633. The molecule has 2 aromatic rings. The van der Waals surface area contributed by atoms with Crippen LogP contribution in [0.3, 0.4) is 0 Å². The smallest absolute Gasteiger partial charge is 0.269 e. The van der Waals surface area contributed by atoms with Crippen molar-refractivity contribution in [2.45, 2.75) is 4.90 Å². The summed E-state index contributed by atoms with van der Waals surface area (Å²) in [6, 6.07) is 11.0. The van der Waals surface area contributed by atoms with Crippen LogP contribution in [0.2, 0.25) is 0 Å². The lowest BCUT2D eigenvalue weighted by molar-refractivity contribution is -0.120. The van der Waals surface area contributed by atoms with Gasteiger partial charge < -0.3 is 4.74 Å². The molecule has 2 aromatic carbocycles. The summed E-state index contributed by atoms with van der Waals surface area (Å²) in [5.41, 5.74) is 4.04. The molecule has 0 saturated heterocycles. The first-order valence-corrected chi connectivity index (χ1v) is 8.79. The third-order valence-electron chi connectivity index (χ3n) is 3.21. The van der Waals surface area contributed by atoms with Gasteiger partial charge in [0.1, 0.15) is 0 Å². The molecule has 0 radical (unpaired) electrons. The second-order valence-electron chi connectivity index (χ2n) is 4.99. The average molecular weight is 381 g/mol. The Morgan fingerprint density at radius 1 is 1.08 bits per heavy atom. The van der Waals surface area contributed by atoms with Crippen LogP contribution in [0.25, 0.3) is 0 Å². The maximum absolute atomic E-state index is 13.6. The van der Waals surface area contributed by atoms with Gasteiger partial charge in [-0.15, -0.1) is 0 Å². The number of amides is 2. The first-order chi connectivity index (χ1) is 12.3. The predicted octanol–water partition coefficient (Wildman–Crippen LogP) is 0.574. The van der Waals surface area contributed by atoms with E-state index in [4.69, 9.17) is 4.74 Å². The van der Waals surface area contributed by atoms with E-state index in [1.54, 1.807) is 18.2 Å². The van der Waals surface area contributed by atoms with Crippen LogP contribution in [0.15, 0.2) is 53.4 Å². The molecule has 0 fully saturated rings. The number of hydrogen-bond donors (Lipinski definition) is 3. The minimum absolute atomic E-state index is 0.00513. The van der Waals surface area contributed by atoms with Crippen molar-refractivity contribution in [2.24, 2.45) is 0 Å². The Morgan fingerprint density at radius 2 is 1.77 bits per heavy atom. The summed E-state index contributed by atoms with van der Waals surface area (Å²) in [5, 5.41) is 0. The van der Waals surface area contributed by atoms with Crippen LogP contribution in [0.4, 0.5) is 4.39 Å². The fourth-order valence-electron chi connectivity index (χ4n) is 1.89. The van der Waals surface area contributed by atoms with Crippen molar-refractivity contribution in [1.29, 1.82) is 0 Å². The summed E-state index contributed by atoms with van der Waals surface area (Å²) in [6.07, 6.45) is 0. The lowest BCUT2D eigenvalue weighted by Gasteiger charge is -2.09. The second-order valence-corrected chi connectivity index (χ2v) is 6.76. The topological polar surface area (TPSA) is 114 Å². The number of methoxy groups -OCH3 is 1. The van der Waals surface area contributed by atoms with E-state index in [9.17, 15) is 22.4 Å². The molecule has 2 amide bonds. The molecule has 0 aliphatic carbocycles. The van der Waals surface area contributed by atoms with Crippen LogP contribution in [-0.4, -0.2) is 33.9 Å². The highest BCUT2D eigenvalue weighted by Crippen LogP contribution is 2.17. The highest BCUT2D eigenvalue weighted by Gasteiger charge is 2.15. The van der Waals surface area contributed by atoms with E-state index in [0.29, 0.717) is 0 Å². The zero-order valence-corrected chi connectivity index (χ0v) is 14.5. The molecule has 2 rings (SSSR count). The molecule has 8 nitrogen and oxygen atoms in total. The maximum Gasteiger partial charge on any atom is 0.269 e. The summed E-state index contributed by atoms with van der Waals surface area (Å²) in [6.45, 7) is -0.589. The number of nitrogens with one attached hydrogen (secondary N) is 3. The number of hydrazine groups is 1. The number of hydrogen-bond acceptors (Lipinski definition) is 5. The first-order valence-electron chi connectivity index (χ1n) is 7.31. The molecule has 0 heterocycles. The van der Waals surface area contributed by atoms with E-state index in [-0.39, 0.29) is 16.2 Å². The zero-order chi connectivity index (χ0) is 19.2. The van der Waals surface area contributed by atoms with Gasteiger partial charge in [0.25, 0.3) is 11.8 Å². The van der Waals surface area contributed by atoms with Gasteiger partial charge in [-0.2, -0.15) is 0 Å². The average Bonchev–Trinajstić information content (AvgIpc) is 2.65. The van der Waals surface area contributed by atoms with E-state index in [2.05, 4.69) is 10.1 Å². The third kappa shape index (κ3) is 5.01. The van der Waals surface area contributed by atoms with Crippen molar-refractivity contribution in [2.75, 3.05) is 13.7 Å². The molecular weight excluding hydrogens is 365 g/mol. The van der Waals surface area contributed by atoms with Gasteiger partial charge in [-0.05, 0) is 30.3 Å². The summed E-state index contributed by atoms with van der Waals surface area (Å²) in [4.78, 5) is 23.5. The molecule has 0 spiro atoms. The van der Waals surface area contributed by atoms with Crippen LogP contribution in [0.1, 0.15) is 10.4 Å². The van der Waals surface area contributed by atoms with Gasteiger partial charge in [-0.25, -0.2) is 17.5 Å². The Morgan fingerprint density at radius 3 is 2.38 bits per heavy atom. The lowest BCUT2D eigenvalue weighted by atomic mass is 10.2. The van der Waals surface area contributed by atoms with Crippen molar-refractivity contribution < 1.29 is 27.1 Å².